The lowest BCUT2D eigenvalue weighted by molar-refractivity contribution is 0.0358. The van der Waals surface area contributed by atoms with Gasteiger partial charge in [0.1, 0.15) is 5.82 Å². The Morgan fingerprint density at radius 3 is 2.67 bits per heavy atom. The summed E-state index contributed by atoms with van der Waals surface area (Å²) in [5.74, 6) is -0.466. The molecule has 0 bridgehead atoms. The summed E-state index contributed by atoms with van der Waals surface area (Å²) in [6, 6.07) is 4.41. The average molecular weight is 274 g/mol. The molecule has 0 saturated carbocycles. The zero-order valence-electron chi connectivity index (χ0n) is 9.75. The molecule has 2 rings (SSSR count). The number of hydrogen-bond acceptors (Lipinski definition) is 4. The number of ether oxygens (including phenoxy) is 1. The van der Waals surface area contributed by atoms with Crippen LogP contribution in [0.25, 0.3) is 0 Å². The van der Waals surface area contributed by atoms with Crippen LogP contribution >= 0.6 is 0 Å². The minimum atomic E-state index is -3.63. The molecule has 1 unspecified atom stereocenters. The van der Waals surface area contributed by atoms with Crippen LogP contribution in [-0.4, -0.2) is 45.1 Å². The van der Waals surface area contributed by atoms with Crippen molar-refractivity contribution in [3.63, 3.8) is 0 Å². The highest BCUT2D eigenvalue weighted by molar-refractivity contribution is 7.89. The summed E-state index contributed by atoms with van der Waals surface area (Å²) >= 11 is 0. The van der Waals surface area contributed by atoms with Crippen molar-refractivity contribution in [3.05, 3.63) is 30.1 Å². The van der Waals surface area contributed by atoms with E-state index in [1.807, 2.05) is 0 Å². The van der Waals surface area contributed by atoms with Crippen LogP contribution in [0, 0.1) is 5.82 Å². The van der Waals surface area contributed by atoms with Gasteiger partial charge in [0.15, 0.2) is 0 Å². The Morgan fingerprint density at radius 2 is 2.06 bits per heavy atom. The van der Waals surface area contributed by atoms with Crippen molar-refractivity contribution < 1.29 is 17.5 Å². The van der Waals surface area contributed by atoms with Gasteiger partial charge in [0, 0.05) is 13.1 Å². The van der Waals surface area contributed by atoms with Gasteiger partial charge in [-0.05, 0) is 24.3 Å². The van der Waals surface area contributed by atoms with Gasteiger partial charge < -0.3 is 10.5 Å². The number of hydrogen-bond donors (Lipinski definition) is 1. The van der Waals surface area contributed by atoms with Crippen LogP contribution in [-0.2, 0) is 14.8 Å². The van der Waals surface area contributed by atoms with Gasteiger partial charge in [-0.25, -0.2) is 12.8 Å². The smallest absolute Gasteiger partial charge is 0.243 e. The fourth-order valence-electron chi connectivity index (χ4n) is 1.88. The normalized spacial score (nSPS) is 22.0. The number of nitrogens with zero attached hydrogens (tertiary/aromatic N) is 1. The molecule has 18 heavy (non-hydrogen) atoms. The topological polar surface area (TPSA) is 72.6 Å². The van der Waals surface area contributed by atoms with E-state index in [-0.39, 0.29) is 30.6 Å². The molecule has 0 aromatic heterocycles. The predicted molar refractivity (Wildman–Crippen MR) is 64.0 cm³/mol. The lowest BCUT2D eigenvalue weighted by atomic mass is 10.3. The minimum absolute atomic E-state index is 0.0734. The van der Waals surface area contributed by atoms with Crippen molar-refractivity contribution in [1.82, 2.24) is 4.31 Å². The van der Waals surface area contributed by atoms with E-state index in [0.717, 1.165) is 12.1 Å². The molecule has 1 aliphatic heterocycles. The third kappa shape index (κ3) is 2.54. The van der Waals surface area contributed by atoms with E-state index in [2.05, 4.69) is 0 Å². The van der Waals surface area contributed by atoms with Gasteiger partial charge in [-0.15, -0.1) is 0 Å². The summed E-state index contributed by atoms with van der Waals surface area (Å²) in [6.45, 7) is 1.09. The highest BCUT2D eigenvalue weighted by Crippen LogP contribution is 2.20. The second kappa shape index (κ2) is 5.31. The summed E-state index contributed by atoms with van der Waals surface area (Å²) in [5.41, 5.74) is 5.55. The first-order chi connectivity index (χ1) is 8.55. The van der Waals surface area contributed by atoms with Crippen molar-refractivity contribution in [2.24, 2.45) is 5.73 Å². The van der Waals surface area contributed by atoms with E-state index in [4.69, 9.17) is 10.5 Å². The molecule has 0 amide bonds. The first-order valence-corrected chi connectivity index (χ1v) is 7.05. The second-order valence-corrected chi connectivity index (χ2v) is 5.92. The maximum absolute atomic E-state index is 12.8. The highest BCUT2D eigenvalue weighted by Gasteiger charge is 2.33. The maximum atomic E-state index is 12.8. The molecule has 100 valence electrons. The molecule has 1 atom stereocenters. The van der Waals surface area contributed by atoms with Crippen LogP contribution in [0.1, 0.15) is 0 Å². The van der Waals surface area contributed by atoms with Gasteiger partial charge in [0.2, 0.25) is 10.0 Å². The molecule has 2 N–H and O–H groups in total. The minimum Gasteiger partial charge on any atom is -0.378 e. The Balaban J connectivity index is 2.32. The van der Waals surface area contributed by atoms with Crippen LogP contribution in [0.2, 0.25) is 0 Å². The molecule has 1 aromatic rings. The lowest BCUT2D eigenvalue weighted by Gasteiger charge is -2.33. The molecule has 0 radical (unpaired) electrons. The fraction of sp³-hybridized carbons (Fsp3) is 0.455. The molecular weight excluding hydrogens is 259 g/mol. The second-order valence-electron chi connectivity index (χ2n) is 4.03. The van der Waals surface area contributed by atoms with Gasteiger partial charge in [-0.3, -0.25) is 0 Å². The quantitative estimate of drug-likeness (QED) is 0.853. The van der Waals surface area contributed by atoms with Crippen molar-refractivity contribution >= 4 is 10.0 Å². The summed E-state index contributed by atoms with van der Waals surface area (Å²) < 4.78 is 44.1. The Morgan fingerprint density at radius 1 is 1.39 bits per heavy atom. The van der Waals surface area contributed by atoms with Crippen LogP contribution in [0.5, 0.6) is 0 Å². The van der Waals surface area contributed by atoms with Gasteiger partial charge >= 0.3 is 0 Å². The van der Waals surface area contributed by atoms with Gasteiger partial charge in [-0.2, -0.15) is 4.31 Å². The Bertz CT molecular complexity index is 504. The number of halogens is 1. The van der Waals surface area contributed by atoms with Crippen molar-refractivity contribution in [2.75, 3.05) is 26.3 Å². The standard InChI is InChI=1S/C11H15FN2O3S/c12-9-1-3-11(4-2-9)18(15,16)14-5-6-17-8-10(14)7-13/h1-4,10H,5-8,13H2. The zero-order valence-corrected chi connectivity index (χ0v) is 10.6. The zero-order chi connectivity index (χ0) is 13.2. The summed E-state index contributed by atoms with van der Waals surface area (Å²) in [4.78, 5) is 0.0734. The molecule has 7 heteroatoms. The molecule has 5 nitrogen and oxygen atoms in total. The fourth-order valence-corrected chi connectivity index (χ4v) is 3.49. The van der Waals surface area contributed by atoms with Gasteiger partial charge in [0.25, 0.3) is 0 Å². The molecule has 1 heterocycles. The number of morpholine rings is 1. The molecule has 1 saturated heterocycles. The highest BCUT2D eigenvalue weighted by atomic mass is 32.2. The van der Waals surface area contributed by atoms with Crippen LogP contribution < -0.4 is 5.73 Å². The van der Waals surface area contributed by atoms with Crippen molar-refractivity contribution in [2.45, 2.75) is 10.9 Å². The Hall–Kier alpha value is -1.02. The molecule has 0 aliphatic carbocycles. The van der Waals surface area contributed by atoms with Gasteiger partial charge in [-0.1, -0.05) is 0 Å². The number of rotatable bonds is 3. The third-order valence-electron chi connectivity index (χ3n) is 2.87. The van der Waals surface area contributed by atoms with Crippen LogP contribution in [0.15, 0.2) is 29.2 Å². The average Bonchev–Trinajstić information content (AvgIpc) is 2.39. The number of sulfonamides is 1. The molecule has 1 aromatic carbocycles. The molecule has 1 aliphatic rings. The van der Waals surface area contributed by atoms with Crippen LogP contribution in [0.3, 0.4) is 0 Å². The largest absolute Gasteiger partial charge is 0.378 e. The van der Waals surface area contributed by atoms with Crippen LogP contribution in [0.4, 0.5) is 4.39 Å². The number of benzene rings is 1. The third-order valence-corrected chi connectivity index (χ3v) is 4.83. The van der Waals surface area contributed by atoms with Crippen molar-refractivity contribution in [3.8, 4) is 0 Å². The first kappa shape index (κ1) is 13.4. The van der Waals surface area contributed by atoms with Crippen molar-refractivity contribution in [1.29, 1.82) is 0 Å². The molecular formula is C11H15FN2O3S. The van der Waals surface area contributed by atoms with E-state index in [0.29, 0.717) is 6.61 Å². The maximum Gasteiger partial charge on any atom is 0.243 e. The summed E-state index contributed by atoms with van der Waals surface area (Å²) in [7, 11) is -3.63. The number of nitrogens with two attached hydrogens (primary N) is 1. The van der Waals surface area contributed by atoms with E-state index in [1.165, 1.54) is 16.4 Å². The SMILES string of the molecule is NCC1COCCN1S(=O)(=O)c1ccc(F)cc1. The summed E-state index contributed by atoms with van der Waals surface area (Å²) in [5, 5.41) is 0. The van der Waals surface area contributed by atoms with E-state index >= 15 is 0 Å². The van der Waals surface area contributed by atoms with Gasteiger partial charge in [0.05, 0.1) is 24.2 Å². The molecule has 0 spiro atoms. The Labute approximate surface area is 105 Å². The molecule has 1 fully saturated rings. The first-order valence-electron chi connectivity index (χ1n) is 5.61. The predicted octanol–water partition coefficient (Wildman–Crippen LogP) is 0.174. The Kier molecular flexibility index (Phi) is 3.96. The monoisotopic (exact) mass is 274 g/mol. The van der Waals surface area contributed by atoms with E-state index in [9.17, 15) is 12.8 Å². The van der Waals surface area contributed by atoms with E-state index < -0.39 is 15.8 Å². The van der Waals surface area contributed by atoms with E-state index in [1.54, 1.807) is 0 Å². The lowest BCUT2D eigenvalue weighted by Crippen LogP contribution is -2.51. The summed E-state index contributed by atoms with van der Waals surface area (Å²) in [6.07, 6.45) is 0.